The van der Waals surface area contributed by atoms with E-state index in [1.807, 2.05) is 4.90 Å². The Bertz CT molecular complexity index is 1120. The zero-order valence-electron chi connectivity index (χ0n) is 16.2. The minimum Gasteiger partial charge on any atom is -0.491 e. The first-order chi connectivity index (χ1) is 14.5. The molecule has 12 heteroatoms. The molecule has 3 aromatic rings. The first-order valence-electron chi connectivity index (χ1n) is 9.33. The minimum atomic E-state index is -3.81. The number of hydrogen-bond donors (Lipinski definition) is 0. The van der Waals surface area contributed by atoms with E-state index < -0.39 is 15.8 Å². The maximum absolute atomic E-state index is 14.1. The normalized spacial score (nSPS) is 15.3. The van der Waals surface area contributed by atoms with Crippen molar-refractivity contribution in [2.75, 3.05) is 37.7 Å². The van der Waals surface area contributed by atoms with Crippen molar-refractivity contribution in [3.63, 3.8) is 0 Å². The fraction of sp³-hybridized carbons (Fsp3) is 0.333. The number of aromatic nitrogens is 5. The Labute approximate surface area is 173 Å². The first-order valence-corrected chi connectivity index (χ1v) is 10.8. The lowest BCUT2D eigenvalue weighted by atomic mass is 10.3. The van der Waals surface area contributed by atoms with Crippen molar-refractivity contribution in [1.29, 1.82) is 0 Å². The highest BCUT2D eigenvalue weighted by molar-refractivity contribution is 7.89. The lowest BCUT2D eigenvalue weighted by molar-refractivity contribution is 0.321. The molecule has 0 N–H and O–H groups in total. The summed E-state index contributed by atoms with van der Waals surface area (Å²) in [5, 5.41) is 4.05. The second kappa shape index (κ2) is 8.32. The van der Waals surface area contributed by atoms with E-state index in [9.17, 15) is 12.8 Å². The van der Waals surface area contributed by atoms with Gasteiger partial charge in [-0.2, -0.15) is 9.40 Å². The van der Waals surface area contributed by atoms with E-state index in [1.54, 1.807) is 13.0 Å². The Kier molecular flexibility index (Phi) is 5.59. The third-order valence-corrected chi connectivity index (χ3v) is 6.59. The molecule has 158 valence electrons. The predicted molar refractivity (Wildman–Crippen MR) is 105 cm³/mol. The maximum Gasteiger partial charge on any atom is 0.243 e. The van der Waals surface area contributed by atoms with Crippen LogP contribution in [0.5, 0.6) is 5.75 Å². The summed E-state index contributed by atoms with van der Waals surface area (Å²) in [4.78, 5) is 14.2. The molecule has 1 aliphatic heterocycles. The van der Waals surface area contributed by atoms with Gasteiger partial charge in [0.05, 0.1) is 11.5 Å². The number of benzene rings is 1. The van der Waals surface area contributed by atoms with Crippen LogP contribution in [0, 0.1) is 5.82 Å². The molecule has 1 saturated heterocycles. The lowest BCUT2D eigenvalue weighted by Crippen LogP contribution is -2.49. The number of anilines is 1. The Hall–Kier alpha value is -3.12. The van der Waals surface area contributed by atoms with Crippen LogP contribution in [0.25, 0.3) is 5.82 Å². The molecule has 0 aliphatic carbocycles. The summed E-state index contributed by atoms with van der Waals surface area (Å²) in [5.41, 5.74) is 0. The van der Waals surface area contributed by atoms with E-state index in [4.69, 9.17) is 4.74 Å². The van der Waals surface area contributed by atoms with Crippen LogP contribution in [0.3, 0.4) is 0 Å². The van der Waals surface area contributed by atoms with Crippen LogP contribution in [0.15, 0.2) is 48.1 Å². The highest BCUT2D eigenvalue weighted by atomic mass is 32.2. The van der Waals surface area contributed by atoms with E-state index in [0.29, 0.717) is 31.3 Å². The van der Waals surface area contributed by atoms with Gasteiger partial charge in [-0.25, -0.2) is 32.4 Å². The molecule has 30 heavy (non-hydrogen) atoms. The maximum atomic E-state index is 14.1. The minimum absolute atomic E-state index is 0.0354. The second-order valence-electron chi connectivity index (χ2n) is 6.49. The molecule has 10 nitrogen and oxygen atoms in total. The number of hydrogen-bond acceptors (Lipinski definition) is 8. The molecule has 1 aromatic carbocycles. The number of sulfonamides is 1. The molecule has 2 aromatic heterocycles. The number of rotatable bonds is 6. The van der Waals surface area contributed by atoms with Crippen LogP contribution >= 0.6 is 0 Å². The first kappa shape index (κ1) is 20.2. The topological polar surface area (TPSA) is 106 Å². The molecule has 1 fully saturated rings. The summed E-state index contributed by atoms with van der Waals surface area (Å²) in [6, 6.07) is 5.47. The smallest absolute Gasteiger partial charge is 0.243 e. The summed E-state index contributed by atoms with van der Waals surface area (Å²) in [6.07, 6.45) is 4.37. The Morgan fingerprint density at radius 2 is 1.83 bits per heavy atom. The summed E-state index contributed by atoms with van der Waals surface area (Å²) in [7, 11) is -3.81. The van der Waals surface area contributed by atoms with Crippen molar-refractivity contribution in [3.8, 4) is 11.6 Å². The lowest BCUT2D eigenvalue weighted by Gasteiger charge is -2.34. The van der Waals surface area contributed by atoms with E-state index in [2.05, 4.69) is 20.1 Å². The summed E-state index contributed by atoms with van der Waals surface area (Å²) >= 11 is 0. The second-order valence-corrected chi connectivity index (χ2v) is 8.43. The number of piperazine rings is 1. The summed E-state index contributed by atoms with van der Waals surface area (Å²) in [5.74, 6) is 0.573. The Balaban J connectivity index is 1.47. The van der Waals surface area contributed by atoms with Crippen molar-refractivity contribution in [3.05, 3.63) is 49.1 Å². The van der Waals surface area contributed by atoms with Gasteiger partial charge in [0.25, 0.3) is 0 Å². The Morgan fingerprint density at radius 3 is 2.50 bits per heavy atom. The third-order valence-electron chi connectivity index (χ3n) is 4.70. The fourth-order valence-corrected chi connectivity index (χ4v) is 4.62. The van der Waals surface area contributed by atoms with Crippen molar-refractivity contribution >= 4 is 15.8 Å². The average Bonchev–Trinajstić information content (AvgIpc) is 3.30. The molecular weight excluding hydrogens is 413 g/mol. The number of ether oxygens (including phenoxy) is 1. The highest BCUT2D eigenvalue weighted by Crippen LogP contribution is 2.25. The largest absolute Gasteiger partial charge is 0.491 e. The van der Waals surface area contributed by atoms with E-state index >= 15 is 0 Å². The summed E-state index contributed by atoms with van der Waals surface area (Å²) < 4.78 is 48.0. The van der Waals surface area contributed by atoms with Crippen LogP contribution in [0.4, 0.5) is 10.2 Å². The molecular formula is C18H20FN7O3S. The summed E-state index contributed by atoms with van der Waals surface area (Å²) in [6.45, 7) is 3.40. The SMILES string of the molecule is CCOc1ccc(S(=O)(=O)N2CCN(c3cc(-n4cncn4)ncn3)CC2)cc1F. The van der Waals surface area contributed by atoms with Crippen molar-refractivity contribution < 1.29 is 17.5 Å². The van der Waals surface area contributed by atoms with Gasteiger partial charge < -0.3 is 9.64 Å². The van der Waals surface area contributed by atoms with Crippen LogP contribution in [-0.4, -0.2) is 70.2 Å². The van der Waals surface area contributed by atoms with Crippen LogP contribution in [0.1, 0.15) is 6.92 Å². The van der Waals surface area contributed by atoms with Crippen LogP contribution in [0.2, 0.25) is 0 Å². The van der Waals surface area contributed by atoms with Gasteiger partial charge in [-0.15, -0.1) is 0 Å². The zero-order chi connectivity index (χ0) is 21.1. The third kappa shape index (κ3) is 3.96. The fourth-order valence-electron chi connectivity index (χ4n) is 3.18. The average molecular weight is 433 g/mol. The van der Waals surface area contributed by atoms with Crippen LogP contribution < -0.4 is 9.64 Å². The number of halogens is 1. The molecule has 0 radical (unpaired) electrons. The van der Waals surface area contributed by atoms with Crippen molar-refractivity contribution in [2.45, 2.75) is 11.8 Å². The van der Waals surface area contributed by atoms with Gasteiger partial charge >= 0.3 is 0 Å². The highest BCUT2D eigenvalue weighted by Gasteiger charge is 2.29. The zero-order valence-corrected chi connectivity index (χ0v) is 17.0. The van der Waals surface area contributed by atoms with E-state index in [0.717, 1.165) is 6.07 Å². The number of nitrogens with zero attached hydrogens (tertiary/aromatic N) is 7. The van der Waals surface area contributed by atoms with Gasteiger partial charge in [0.2, 0.25) is 10.0 Å². The van der Waals surface area contributed by atoms with Gasteiger partial charge in [0.15, 0.2) is 17.4 Å². The molecule has 0 atom stereocenters. The quantitative estimate of drug-likeness (QED) is 0.569. The molecule has 1 aliphatic rings. The molecule has 0 unspecified atom stereocenters. The van der Waals surface area contributed by atoms with Crippen LogP contribution in [-0.2, 0) is 10.0 Å². The van der Waals surface area contributed by atoms with Gasteiger partial charge in [-0.1, -0.05) is 0 Å². The van der Waals surface area contributed by atoms with E-state index in [-0.39, 0.29) is 23.7 Å². The van der Waals surface area contributed by atoms with Crippen molar-refractivity contribution in [2.24, 2.45) is 0 Å². The van der Waals surface area contributed by atoms with E-state index in [1.165, 1.54) is 40.1 Å². The molecule has 4 rings (SSSR count). The molecule has 0 bridgehead atoms. The van der Waals surface area contributed by atoms with Gasteiger partial charge in [-0.05, 0) is 25.1 Å². The standard InChI is InChI=1S/C18H20FN7O3S/c1-2-29-16-4-3-14(9-15(16)19)30(27,28)25-7-5-24(6-8-25)17-10-18(22-12-21-17)26-13-20-11-23-26/h3-4,9-13H,2,5-8H2,1H3. The molecule has 3 heterocycles. The predicted octanol–water partition coefficient (Wildman–Crippen LogP) is 1.11. The Morgan fingerprint density at radius 1 is 1.07 bits per heavy atom. The molecule has 0 amide bonds. The van der Waals surface area contributed by atoms with Gasteiger partial charge in [0, 0.05) is 32.2 Å². The van der Waals surface area contributed by atoms with Gasteiger partial charge in [0.1, 0.15) is 24.8 Å². The molecule has 0 saturated carbocycles. The molecule has 0 spiro atoms. The monoisotopic (exact) mass is 433 g/mol. The van der Waals surface area contributed by atoms with Crippen molar-refractivity contribution in [1.82, 2.24) is 29.0 Å². The van der Waals surface area contributed by atoms with Gasteiger partial charge in [-0.3, -0.25) is 0 Å².